The van der Waals surface area contributed by atoms with Gasteiger partial charge in [0.2, 0.25) is 0 Å². The number of para-hydroxylation sites is 4. The Hall–Kier alpha value is -7.42. The van der Waals surface area contributed by atoms with E-state index < -0.39 is 0 Å². The Balaban J connectivity index is 1.12. The Labute approximate surface area is 364 Å². The third-order valence-electron chi connectivity index (χ3n) is 14.0. The molecule has 0 atom stereocenters. The second-order valence-corrected chi connectivity index (χ2v) is 18.1. The molecule has 0 N–H and O–H groups in total. The Morgan fingerprint density at radius 2 is 0.839 bits per heavy atom. The smallest absolute Gasteiger partial charge is 0.0547 e. The molecule has 10 aromatic rings. The lowest BCUT2D eigenvalue weighted by Gasteiger charge is -2.32. The third kappa shape index (κ3) is 5.23. The van der Waals surface area contributed by atoms with Gasteiger partial charge in [-0.2, -0.15) is 0 Å². The van der Waals surface area contributed by atoms with Crippen molar-refractivity contribution < 1.29 is 0 Å². The monoisotopic (exact) mass is 794 g/mol. The standard InChI is InChI=1S/C60H46N2/c1-59(2)50-27-14-9-25-48(50)58-51(59)28-18-32-56(58)62(53-29-15-10-21-42(53)39-33-35-45-44-23-8-13-26-49(44)60(3,4)52(45)37-39)54-30-16-11-22-43(54)40-34-36-47-46-24-12-17-31-55(46)61(57(47)38-40)41-19-6-5-7-20-41/h5-38H,1-4H3. The lowest BCUT2D eigenvalue weighted by Crippen LogP contribution is -2.17. The molecule has 0 radical (unpaired) electrons. The van der Waals surface area contributed by atoms with Gasteiger partial charge in [0.25, 0.3) is 0 Å². The summed E-state index contributed by atoms with van der Waals surface area (Å²) in [6, 6.07) is 76.6. The maximum absolute atomic E-state index is 2.56. The molecule has 12 rings (SSSR count). The van der Waals surface area contributed by atoms with Gasteiger partial charge in [0, 0.05) is 44.0 Å². The Kier molecular flexibility index (Phi) is 7.96. The summed E-state index contributed by atoms with van der Waals surface area (Å²) >= 11 is 0. The molecule has 1 aromatic heterocycles. The molecule has 0 bridgehead atoms. The van der Waals surface area contributed by atoms with Crippen molar-refractivity contribution in [3.05, 3.63) is 229 Å². The highest BCUT2D eigenvalue weighted by Gasteiger charge is 2.39. The van der Waals surface area contributed by atoms with Gasteiger partial charge in [-0.05, 0) is 98.6 Å². The number of anilines is 3. The van der Waals surface area contributed by atoms with Gasteiger partial charge in [0.05, 0.1) is 28.1 Å². The van der Waals surface area contributed by atoms with E-state index in [4.69, 9.17) is 0 Å². The van der Waals surface area contributed by atoms with Crippen molar-refractivity contribution in [3.63, 3.8) is 0 Å². The summed E-state index contributed by atoms with van der Waals surface area (Å²) in [5.74, 6) is 0. The van der Waals surface area contributed by atoms with Crippen LogP contribution in [-0.4, -0.2) is 4.57 Å². The van der Waals surface area contributed by atoms with Crippen molar-refractivity contribution in [1.82, 2.24) is 4.57 Å². The van der Waals surface area contributed by atoms with E-state index in [0.717, 1.165) is 17.1 Å². The second-order valence-electron chi connectivity index (χ2n) is 18.1. The minimum Gasteiger partial charge on any atom is -0.309 e. The maximum Gasteiger partial charge on any atom is 0.0547 e. The van der Waals surface area contributed by atoms with Crippen LogP contribution in [0.15, 0.2) is 206 Å². The van der Waals surface area contributed by atoms with Crippen molar-refractivity contribution >= 4 is 38.9 Å². The predicted octanol–water partition coefficient (Wildman–Crippen LogP) is 16.2. The maximum atomic E-state index is 2.56. The van der Waals surface area contributed by atoms with Crippen LogP contribution in [0.1, 0.15) is 49.9 Å². The van der Waals surface area contributed by atoms with Gasteiger partial charge in [-0.3, -0.25) is 0 Å². The first kappa shape index (κ1) is 36.4. The first-order valence-corrected chi connectivity index (χ1v) is 21.9. The van der Waals surface area contributed by atoms with Crippen molar-refractivity contribution in [3.8, 4) is 50.2 Å². The molecule has 0 aliphatic heterocycles. The number of rotatable bonds is 6. The number of fused-ring (bicyclic) bond motifs is 9. The van der Waals surface area contributed by atoms with Crippen molar-refractivity contribution in [1.29, 1.82) is 0 Å². The number of hydrogen-bond acceptors (Lipinski definition) is 1. The van der Waals surface area contributed by atoms with Crippen LogP contribution in [0.4, 0.5) is 17.1 Å². The van der Waals surface area contributed by atoms with Crippen LogP contribution < -0.4 is 4.90 Å². The zero-order chi connectivity index (χ0) is 41.7. The van der Waals surface area contributed by atoms with E-state index in [-0.39, 0.29) is 10.8 Å². The zero-order valence-electron chi connectivity index (χ0n) is 35.5. The van der Waals surface area contributed by atoms with Crippen molar-refractivity contribution in [2.75, 3.05) is 4.90 Å². The molecule has 0 amide bonds. The highest BCUT2D eigenvalue weighted by Crippen LogP contribution is 2.56. The fraction of sp³-hybridized carbons (Fsp3) is 0.100. The van der Waals surface area contributed by atoms with Gasteiger partial charge in [0.15, 0.2) is 0 Å². The van der Waals surface area contributed by atoms with Gasteiger partial charge in [0.1, 0.15) is 0 Å². The van der Waals surface area contributed by atoms with E-state index in [9.17, 15) is 0 Å². The minimum absolute atomic E-state index is 0.112. The first-order chi connectivity index (χ1) is 30.3. The molecule has 2 aliphatic rings. The van der Waals surface area contributed by atoms with Crippen LogP contribution in [0.2, 0.25) is 0 Å². The molecule has 2 aliphatic carbocycles. The number of benzene rings is 9. The summed E-state index contributed by atoms with van der Waals surface area (Å²) in [4.78, 5) is 2.56. The predicted molar refractivity (Wildman–Crippen MR) is 261 cm³/mol. The van der Waals surface area contributed by atoms with Crippen LogP contribution in [0.3, 0.4) is 0 Å². The zero-order valence-corrected chi connectivity index (χ0v) is 35.5. The summed E-state index contributed by atoms with van der Waals surface area (Å²) in [5, 5.41) is 2.50. The van der Waals surface area contributed by atoms with Gasteiger partial charge < -0.3 is 9.47 Å². The van der Waals surface area contributed by atoms with Crippen LogP contribution in [0.25, 0.3) is 72.0 Å². The molecule has 9 aromatic carbocycles. The summed E-state index contributed by atoms with van der Waals surface area (Å²) in [6.07, 6.45) is 0. The number of nitrogens with zero attached hydrogens (tertiary/aromatic N) is 2. The van der Waals surface area contributed by atoms with E-state index in [2.05, 4.69) is 243 Å². The molecule has 0 spiro atoms. The Bertz CT molecular complexity index is 3420. The van der Waals surface area contributed by atoms with Gasteiger partial charge in [-0.25, -0.2) is 0 Å². The normalized spacial score (nSPS) is 14.1. The van der Waals surface area contributed by atoms with Crippen LogP contribution in [0.5, 0.6) is 0 Å². The van der Waals surface area contributed by atoms with Gasteiger partial charge >= 0.3 is 0 Å². The average Bonchev–Trinajstić information content (AvgIpc) is 3.86. The minimum atomic E-state index is -0.150. The summed E-state index contributed by atoms with van der Waals surface area (Å²) < 4.78 is 2.42. The topological polar surface area (TPSA) is 8.17 Å². The van der Waals surface area contributed by atoms with Crippen LogP contribution in [0, 0.1) is 0 Å². The van der Waals surface area contributed by atoms with E-state index in [1.165, 1.54) is 94.3 Å². The van der Waals surface area contributed by atoms with Crippen LogP contribution in [-0.2, 0) is 10.8 Å². The SMILES string of the molecule is CC1(C)c2ccccc2-c2ccc(-c3ccccc3N(c3ccccc3-c3ccc4c5ccccc5n(-c5ccccc5)c4c3)c3cccc4c3-c3ccccc3C4(C)C)cc21. The summed E-state index contributed by atoms with van der Waals surface area (Å²) in [7, 11) is 0. The van der Waals surface area contributed by atoms with E-state index >= 15 is 0 Å². The van der Waals surface area contributed by atoms with Crippen molar-refractivity contribution in [2.45, 2.75) is 38.5 Å². The first-order valence-electron chi connectivity index (χ1n) is 21.9. The average molecular weight is 795 g/mol. The molecule has 296 valence electrons. The molecule has 0 saturated heterocycles. The quantitative estimate of drug-likeness (QED) is 0.163. The Morgan fingerprint density at radius 1 is 0.339 bits per heavy atom. The summed E-state index contributed by atoms with van der Waals surface area (Å²) in [6.45, 7) is 9.49. The molecule has 1 heterocycles. The molecule has 0 fully saturated rings. The molecule has 0 saturated carbocycles. The van der Waals surface area contributed by atoms with Gasteiger partial charge in [-0.15, -0.1) is 0 Å². The van der Waals surface area contributed by atoms with Crippen LogP contribution >= 0.6 is 0 Å². The summed E-state index contributed by atoms with van der Waals surface area (Å²) in [5.41, 5.74) is 22.2. The highest BCUT2D eigenvalue weighted by molar-refractivity contribution is 6.11. The lowest BCUT2D eigenvalue weighted by atomic mass is 9.81. The lowest BCUT2D eigenvalue weighted by molar-refractivity contribution is 0.660. The molecular weight excluding hydrogens is 749 g/mol. The Morgan fingerprint density at radius 3 is 1.58 bits per heavy atom. The van der Waals surface area contributed by atoms with Gasteiger partial charge in [-0.1, -0.05) is 185 Å². The highest BCUT2D eigenvalue weighted by atomic mass is 15.2. The van der Waals surface area contributed by atoms with Crippen molar-refractivity contribution in [2.24, 2.45) is 0 Å². The molecule has 2 nitrogen and oxygen atoms in total. The van der Waals surface area contributed by atoms with E-state index in [1.54, 1.807) is 0 Å². The number of hydrogen-bond donors (Lipinski definition) is 0. The number of aromatic nitrogens is 1. The molecule has 62 heavy (non-hydrogen) atoms. The molecular formula is C60H46N2. The third-order valence-corrected chi connectivity index (χ3v) is 14.0. The molecule has 0 unspecified atom stereocenters. The second kappa shape index (κ2) is 13.5. The fourth-order valence-electron chi connectivity index (χ4n) is 11.0. The molecule has 2 heteroatoms. The van der Waals surface area contributed by atoms with E-state index in [0.29, 0.717) is 0 Å². The van der Waals surface area contributed by atoms with E-state index in [1.807, 2.05) is 0 Å². The fourth-order valence-corrected chi connectivity index (χ4v) is 11.0. The largest absolute Gasteiger partial charge is 0.309 e.